The zero-order chi connectivity index (χ0) is 26.8. The number of carbonyl (C=O) groups is 2. The molecular formula is C29H33ClN6O2. The van der Waals surface area contributed by atoms with E-state index in [-0.39, 0.29) is 29.6 Å². The Balaban J connectivity index is 1.54. The predicted octanol–water partition coefficient (Wildman–Crippen LogP) is 5.02. The van der Waals surface area contributed by atoms with Crippen LogP contribution in [0.15, 0.2) is 54.7 Å². The van der Waals surface area contributed by atoms with Crippen LogP contribution in [0.3, 0.4) is 0 Å². The van der Waals surface area contributed by atoms with Crippen molar-refractivity contribution in [3.63, 3.8) is 0 Å². The molecule has 3 N–H and O–H groups in total. The van der Waals surface area contributed by atoms with Gasteiger partial charge in [-0.3, -0.25) is 14.3 Å². The van der Waals surface area contributed by atoms with Crippen molar-refractivity contribution in [1.29, 1.82) is 0 Å². The fourth-order valence-corrected chi connectivity index (χ4v) is 5.73. The number of aromatic amines is 1. The number of benzene rings is 2. The first-order valence-electron chi connectivity index (χ1n) is 13.2. The molecule has 2 aromatic heterocycles. The standard InChI is InChI=1S/C29H33ClN6O2/c1-4-36-24(12-14-32-36)29(38)35-26(25(17(2)3)20-7-5-6-8-21(20)30)27-33-22-10-9-18(16-23(22)34-27)15-19-11-13-31-28(19)37/h5-10,12,14,16-17,19,25-26H,4,11,13,15H2,1-3H3,(H,31,37)(H,33,34)(H,35,38). The van der Waals surface area contributed by atoms with Crippen LogP contribution in [-0.4, -0.2) is 38.1 Å². The van der Waals surface area contributed by atoms with Crippen LogP contribution in [0.2, 0.25) is 5.02 Å². The molecule has 3 heterocycles. The molecule has 1 aliphatic heterocycles. The Morgan fingerprint density at radius 2 is 2.03 bits per heavy atom. The minimum absolute atomic E-state index is 0.00385. The molecule has 2 amide bonds. The summed E-state index contributed by atoms with van der Waals surface area (Å²) >= 11 is 6.68. The zero-order valence-corrected chi connectivity index (χ0v) is 22.6. The highest BCUT2D eigenvalue weighted by Crippen LogP contribution is 2.40. The third-order valence-corrected chi connectivity index (χ3v) is 7.73. The number of aryl methyl sites for hydroxylation is 1. The number of carbonyl (C=O) groups excluding carboxylic acids is 2. The van der Waals surface area contributed by atoms with E-state index < -0.39 is 6.04 Å². The number of rotatable bonds is 9. The van der Waals surface area contributed by atoms with Crippen LogP contribution in [-0.2, 0) is 17.8 Å². The van der Waals surface area contributed by atoms with Gasteiger partial charge in [0.2, 0.25) is 5.91 Å². The first-order valence-corrected chi connectivity index (χ1v) is 13.6. The first-order chi connectivity index (χ1) is 18.4. The molecule has 4 aromatic rings. The molecule has 9 heteroatoms. The average molecular weight is 533 g/mol. The summed E-state index contributed by atoms with van der Waals surface area (Å²) in [6.45, 7) is 7.52. The summed E-state index contributed by atoms with van der Waals surface area (Å²) in [5, 5.41) is 11.1. The number of H-pyrrole nitrogens is 1. The molecule has 5 rings (SSSR count). The molecule has 38 heavy (non-hydrogen) atoms. The van der Waals surface area contributed by atoms with Crippen molar-refractivity contribution in [2.24, 2.45) is 11.8 Å². The van der Waals surface area contributed by atoms with Gasteiger partial charge in [-0.25, -0.2) is 4.98 Å². The monoisotopic (exact) mass is 532 g/mol. The van der Waals surface area contributed by atoms with Gasteiger partial charge in [0.15, 0.2) is 0 Å². The molecule has 3 atom stereocenters. The van der Waals surface area contributed by atoms with Gasteiger partial charge in [0.1, 0.15) is 11.5 Å². The van der Waals surface area contributed by atoms with Gasteiger partial charge >= 0.3 is 0 Å². The minimum Gasteiger partial charge on any atom is -0.356 e. The minimum atomic E-state index is -0.473. The molecule has 8 nitrogen and oxygen atoms in total. The van der Waals surface area contributed by atoms with E-state index in [9.17, 15) is 9.59 Å². The van der Waals surface area contributed by atoms with E-state index >= 15 is 0 Å². The average Bonchev–Trinajstić information content (AvgIpc) is 3.64. The third kappa shape index (κ3) is 5.18. The molecule has 198 valence electrons. The van der Waals surface area contributed by atoms with Gasteiger partial charge in [-0.2, -0.15) is 5.10 Å². The number of imidazole rings is 1. The van der Waals surface area contributed by atoms with Crippen LogP contribution < -0.4 is 10.6 Å². The molecule has 0 bridgehead atoms. The third-order valence-electron chi connectivity index (χ3n) is 7.38. The lowest BCUT2D eigenvalue weighted by Gasteiger charge is -2.31. The molecule has 0 aliphatic carbocycles. The first kappa shape index (κ1) is 26.0. The molecule has 1 aliphatic rings. The molecule has 1 fully saturated rings. The Morgan fingerprint density at radius 1 is 1.21 bits per heavy atom. The van der Waals surface area contributed by atoms with Crippen LogP contribution in [0, 0.1) is 11.8 Å². The number of fused-ring (bicyclic) bond motifs is 1. The molecule has 2 aromatic carbocycles. The van der Waals surface area contributed by atoms with Crippen LogP contribution in [0.4, 0.5) is 0 Å². The van der Waals surface area contributed by atoms with Crippen molar-refractivity contribution in [3.05, 3.63) is 82.4 Å². The summed E-state index contributed by atoms with van der Waals surface area (Å²) < 4.78 is 1.68. The summed E-state index contributed by atoms with van der Waals surface area (Å²) in [5.41, 5.74) is 4.20. The van der Waals surface area contributed by atoms with Crippen molar-refractivity contribution >= 4 is 34.4 Å². The Bertz CT molecular complexity index is 1460. The van der Waals surface area contributed by atoms with Gasteiger partial charge in [-0.15, -0.1) is 0 Å². The van der Waals surface area contributed by atoms with Crippen molar-refractivity contribution in [1.82, 2.24) is 30.4 Å². The number of halogens is 1. The number of nitrogens with zero attached hydrogens (tertiary/aromatic N) is 3. The lowest BCUT2D eigenvalue weighted by Crippen LogP contribution is -2.36. The van der Waals surface area contributed by atoms with Crippen LogP contribution in [0.25, 0.3) is 11.0 Å². The Kier molecular flexibility index (Phi) is 7.51. The van der Waals surface area contributed by atoms with Crippen molar-refractivity contribution in [2.75, 3.05) is 6.54 Å². The lowest BCUT2D eigenvalue weighted by atomic mass is 9.81. The second-order valence-corrected chi connectivity index (χ2v) is 10.6. The van der Waals surface area contributed by atoms with E-state index in [1.54, 1.807) is 16.9 Å². The summed E-state index contributed by atoms with van der Waals surface area (Å²) in [6.07, 6.45) is 3.17. The molecular weight excluding hydrogens is 500 g/mol. The highest BCUT2D eigenvalue weighted by atomic mass is 35.5. The van der Waals surface area contributed by atoms with Crippen molar-refractivity contribution in [2.45, 2.75) is 52.1 Å². The van der Waals surface area contributed by atoms with Crippen LogP contribution in [0.5, 0.6) is 0 Å². The molecule has 0 spiro atoms. The maximum Gasteiger partial charge on any atom is 0.270 e. The topological polar surface area (TPSA) is 105 Å². The SMILES string of the molecule is CCn1nccc1C(=O)NC(c1nc2ccc(CC3CCNC3=O)cc2[nH]1)C(c1ccccc1Cl)C(C)C. The van der Waals surface area contributed by atoms with Gasteiger partial charge in [0, 0.05) is 36.1 Å². The van der Waals surface area contributed by atoms with Gasteiger partial charge in [0.05, 0.1) is 17.1 Å². The van der Waals surface area contributed by atoms with Gasteiger partial charge in [-0.1, -0.05) is 49.7 Å². The summed E-state index contributed by atoms with van der Waals surface area (Å²) in [7, 11) is 0. The van der Waals surface area contributed by atoms with Crippen LogP contribution >= 0.6 is 11.6 Å². The Hall–Kier alpha value is -3.65. The van der Waals surface area contributed by atoms with E-state index in [2.05, 4.69) is 40.6 Å². The van der Waals surface area contributed by atoms with E-state index in [1.807, 2.05) is 43.3 Å². The molecule has 0 radical (unpaired) electrons. The van der Waals surface area contributed by atoms with E-state index in [0.717, 1.165) is 35.1 Å². The molecule has 0 saturated carbocycles. The van der Waals surface area contributed by atoms with E-state index in [0.29, 0.717) is 29.5 Å². The van der Waals surface area contributed by atoms with Gasteiger partial charge in [-0.05, 0) is 61.1 Å². The Morgan fingerprint density at radius 3 is 2.74 bits per heavy atom. The lowest BCUT2D eigenvalue weighted by molar-refractivity contribution is -0.122. The maximum absolute atomic E-state index is 13.5. The second kappa shape index (κ2) is 11.0. The summed E-state index contributed by atoms with van der Waals surface area (Å²) in [6, 6.07) is 15.1. The highest BCUT2D eigenvalue weighted by molar-refractivity contribution is 6.31. The Labute approximate surface area is 227 Å². The molecule has 1 saturated heterocycles. The zero-order valence-electron chi connectivity index (χ0n) is 21.9. The van der Waals surface area contributed by atoms with Crippen molar-refractivity contribution in [3.8, 4) is 0 Å². The normalized spacial score (nSPS) is 17.1. The van der Waals surface area contributed by atoms with E-state index in [4.69, 9.17) is 16.6 Å². The van der Waals surface area contributed by atoms with Crippen LogP contribution in [0.1, 0.15) is 66.6 Å². The maximum atomic E-state index is 13.5. The van der Waals surface area contributed by atoms with Gasteiger partial charge < -0.3 is 15.6 Å². The number of hydrogen-bond acceptors (Lipinski definition) is 4. The van der Waals surface area contributed by atoms with Crippen molar-refractivity contribution < 1.29 is 9.59 Å². The number of hydrogen-bond donors (Lipinski definition) is 3. The number of aromatic nitrogens is 4. The number of nitrogens with one attached hydrogen (secondary N) is 3. The summed E-state index contributed by atoms with van der Waals surface area (Å²) in [5.74, 6) is 0.541. The predicted molar refractivity (Wildman–Crippen MR) is 148 cm³/mol. The number of amides is 2. The van der Waals surface area contributed by atoms with Gasteiger partial charge in [0.25, 0.3) is 5.91 Å². The summed E-state index contributed by atoms with van der Waals surface area (Å²) in [4.78, 5) is 34.0. The smallest absolute Gasteiger partial charge is 0.270 e. The molecule has 3 unspecified atom stereocenters. The largest absolute Gasteiger partial charge is 0.356 e. The fraction of sp³-hybridized carbons (Fsp3) is 0.379. The fourth-order valence-electron chi connectivity index (χ4n) is 5.47. The quantitative estimate of drug-likeness (QED) is 0.281. The van der Waals surface area contributed by atoms with E-state index in [1.165, 1.54) is 0 Å². The highest BCUT2D eigenvalue weighted by Gasteiger charge is 2.33. The second-order valence-electron chi connectivity index (χ2n) is 10.2.